The van der Waals surface area contributed by atoms with E-state index < -0.39 is 10.0 Å². The van der Waals surface area contributed by atoms with Gasteiger partial charge in [0.25, 0.3) is 0 Å². The molecular formula is C21H38IN5O2S. The molecule has 3 N–H and O–H groups in total. The van der Waals surface area contributed by atoms with Crippen molar-refractivity contribution >= 4 is 40.0 Å². The molecule has 1 saturated heterocycles. The van der Waals surface area contributed by atoms with E-state index in [1.54, 1.807) is 0 Å². The van der Waals surface area contributed by atoms with Crippen molar-refractivity contribution in [3.63, 3.8) is 0 Å². The van der Waals surface area contributed by atoms with Gasteiger partial charge in [-0.2, -0.15) is 0 Å². The van der Waals surface area contributed by atoms with Crippen LogP contribution in [0.25, 0.3) is 0 Å². The van der Waals surface area contributed by atoms with Crippen molar-refractivity contribution in [3.8, 4) is 0 Å². The number of hydrogen-bond donors (Lipinski definition) is 3. The van der Waals surface area contributed by atoms with E-state index in [0.717, 1.165) is 42.8 Å². The largest absolute Gasteiger partial charge is 0.357 e. The Balaban J connectivity index is 0.00000450. The summed E-state index contributed by atoms with van der Waals surface area (Å²) in [6, 6.07) is 8.29. The Kier molecular flexibility index (Phi) is 12.8. The molecule has 7 nitrogen and oxygen atoms in total. The highest BCUT2D eigenvalue weighted by Crippen LogP contribution is 2.18. The molecule has 9 heteroatoms. The lowest BCUT2D eigenvalue weighted by Crippen LogP contribution is -2.45. The average molecular weight is 552 g/mol. The molecule has 2 rings (SSSR count). The van der Waals surface area contributed by atoms with Crippen LogP contribution < -0.4 is 15.4 Å². The van der Waals surface area contributed by atoms with Crippen molar-refractivity contribution < 1.29 is 8.42 Å². The van der Waals surface area contributed by atoms with Gasteiger partial charge in [-0.15, -0.1) is 24.0 Å². The quantitative estimate of drug-likeness (QED) is 0.237. The van der Waals surface area contributed by atoms with Gasteiger partial charge >= 0.3 is 0 Å². The van der Waals surface area contributed by atoms with E-state index in [1.165, 1.54) is 39.3 Å². The summed E-state index contributed by atoms with van der Waals surface area (Å²) < 4.78 is 25.6. The minimum absolute atomic E-state index is 0. The lowest BCUT2D eigenvalue weighted by atomic mass is 10.0. The highest BCUT2D eigenvalue weighted by atomic mass is 127. The van der Waals surface area contributed by atoms with Gasteiger partial charge < -0.3 is 10.6 Å². The lowest BCUT2D eigenvalue weighted by Gasteiger charge is -2.35. The molecule has 0 radical (unpaired) electrons. The van der Waals surface area contributed by atoms with Gasteiger partial charge in [-0.25, -0.2) is 18.1 Å². The number of aliphatic imine (C=N–C) groups is 1. The van der Waals surface area contributed by atoms with Gasteiger partial charge in [-0.05, 0) is 50.9 Å². The fourth-order valence-corrected chi connectivity index (χ4v) is 4.45. The van der Waals surface area contributed by atoms with Gasteiger partial charge in [0.15, 0.2) is 5.96 Å². The van der Waals surface area contributed by atoms with Crippen LogP contribution in [-0.4, -0.2) is 58.5 Å². The predicted molar refractivity (Wildman–Crippen MR) is 136 cm³/mol. The van der Waals surface area contributed by atoms with E-state index in [9.17, 15) is 8.42 Å². The Labute approximate surface area is 199 Å². The minimum atomic E-state index is -3.25. The van der Waals surface area contributed by atoms with Crippen molar-refractivity contribution in [1.29, 1.82) is 0 Å². The van der Waals surface area contributed by atoms with Gasteiger partial charge in [-0.1, -0.05) is 37.6 Å². The summed E-state index contributed by atoms with van der Waals surface area (Å²) in [6.07, 6.45) is 5.19. The first-order chi connectivity index (χ1) is 14.0. The maximum atomic E-state index is 11.6. The van der Waals surface area contributed by atoms with E-state index >= 15 is 0 Å². The number of likely N-dealkylation sites (tertiary alicyclic amines) is 1. The van der Waals surface area contributed by atoms with Crippen LogP contribution in [0.1, 0.15) is 50.7 Å². The van der Waals surface area contributed by atoms with E-state index in [1.807, 2.05) is 24.3 Å². The Hall–Kier alpha value is -0.910. The summed E-state index contributed by atoms with van der Waals surface area (Å²) in [7, 11) is -1.81. The number of rotatable bonds is 10. The van der Waals surface area contributed by atoms with E-state index in [0.29, 0.717) is 6.54 Å². The third kappa shape index (κ3) is 9.49. The molecule has 1 aromatic carbocycles. The molecular weight excluding hydrogens is 513 g/mol. The van der Waals surface area contributed by atoms with Crippen molar-refractivity contribution in [2.45, 2.75) is 57.9 Å². The van der Waals surface area contributed by atoms with Gasteiger partial charge in [0, 0.05) is 25.7 Å². The molecule has 1 unspecified atom stereocenters. The highest BCUT2D eigenvalue weighted by molar-refractivity contribution is 14.0. The molecule has 30 heavy (non-hydrogen) atoms. The average Bonchev–Trinajstić information content (AvgIpc) is 2.73. The molecule has 0 aromatic heterocycles. The van der Waals surface area contributed by atoms with Crippen LogP contribution in [0.5, 0.6) is 0 Å². The van der Waals surface area contributed by atoms with E-state index in [4.69, 9.17) is 0 Å². The number of hydrogen-bond acceptors (Lipinski definition) is 4. The topological polar surface area (TPSA) is 85.8 Å². The zero-order chi connectivity index (χ0) is 21.1. The van der Waals surface area contributed by atoms with Crippen LogP contribution in [0.2, 0.25) is 0 Å². The van der Waals surface area contributed by atoms with E-state index in [2.05, 4.69) is 39.1 Å². The van der Waals surface area contributed by atoms with Crippen LogP contribution in [0, 0.1) is 0 Å². The predicted octanol–water partition coefficient (Wildman–Crippen LogP) is 2.67. The zero-order valence-corrected chi connectivity index (χ0v) is 21.6. The smallest absolute Gasteiger partial charge is 0.215 e. The maximum absolute atomic E-state index is 11.6. The second-order valence-electron chi connectivity index (χ2n) is 7.50. The van der Waals surface area contributed by atoms with Gasteiger partial charge in [0.2, 0.25) is 10.0 Å². The number of sulfonamides is 1. The minimum Gasteiger partial charge on any atom is -0.357 e. The Morgan fingerprint density at radius 2 is 1.83 bits per heavy atom. The number of halogens is 1. The van der Waals surface area contributed by atoms with Gasteiger partial charge in [-0.3, -0.25) is 4.90 Å². The van der Waals surface area contributed by atoms with Crippen LogP contribution in [0.15, 0.2) is 29.3 Å². The summed E-state index contributed by atoms with van der Waals surface area (Å²) in [5, 5.41) is 6.74. The zero-order valence-electron chi connectivity index (χ0n) is 18.5. The molecule has 1 atom stereocenters. The first-order valence-electron chi connectivity index (χ1n) is 10.7. The van der Waals surface area contributed by atoms with E-state index in [-0.39, 0.29) is 29.7 Å². The van der Waals surface area contributed by atoms with Crippen molar-refractivity contribution in [2.24, 2.45) is 4.99 Å². The fraction of sp³-hybridized carbons (Fsp3) is 0.667. The number of guanidine groups is 1. The molecule has 0 saturated carbocycles. The number of benzene rings is 1. The Bertz CT molecular complexity index is 740. The SMILES string of the molecule is CCNC(=NCc1ccc(CS(=O)(=O)NC)cc1)NCCN1CCCCC1CC.I. The van der Waals surface area contributed by atoms with Gasteiger partial charge in [0.05, 0.1) is 12.3 Å². The standard InChI is InChI=1S/C21H37N5O2S.HI/c1-4-20-8-6-7-14-26(20)15-13-24-21(23-5-2)25-16-18-9-11-19(12-10-18)17-29(27,28)22-3;/h9-12,20,22H,4-8,13-17H2,1-3H3,(H2,23,24,25);1H. The Morgan fingerprint density at radius 1 is 1.13 bits per heavy atom. The normalized spacial score (nSPS) is 18.0. The molecule has 1 heterocycles. The fourth-order valence-electron chi connectivity index (χ4n) is 3.68. The molecule has 1 fully saturated rings. The van der Waals surface area contributed by atoms with Crippen molar-refractivity contribution in [3.05, 3.63) is 35.4 Å². The molecule has 0 bridgehead atoms. The molecule has 0 spiro atoms. The van der Waals surface area contributed by atoms with Crippen LogP contribution >= 0.6 is 24.0 Å². The number of nitrogens with zero attached hydrogens (tertiary/aromatic N) is 2. The molecule has 1 aromatic rings. The summed E-state index contributed by atoms with van der Waals surface area (Å²) in [5.74, 6) is 0.811. The summed E-state index contributed by atoms with van der Waals surface area (Å²) in [4.78, 5) is 7.27. The summed E-state index contributed by atoms with van der Waals surface area (Å²) >= 11 is 0. The van der Waals surface area contributed by atoms with Crippen LogP contribution in [0.4, 0.5) is 0 Å². The monoisotopic (exact) mass is 551 g/mol. The molecule has 1 aliphatic heterocycles. The molecule has 0 aliphatic carbocycles. The second kappa shape index (κ2) is 14.2. The first kappa shape index (κ1) is 27.1. The maximum Gasteiger partial charge on any atom is 0.215 e. The second-order valence-corrected chi connectivity index (χ2v) is 9.42. The molecule has 172 valence electrons. The summed E-state index contributed by atoms with van der Waals surface area (Å²) in [5.41, 5.74) is 1.82. The number of nitrogens with one attached hydrogen (secondary N) is 3. The lowest BCUT2D eigenvalue weighted by molar-refractivity contribution is 0.147. The van der Waals surface area contributed by atoms with Gasteiger partial charge in [0.1, 0.15) is 0 Å². The summed E-state index contributed by atoms with van der Waals surface area (Å²) in [6.45, 7) is 8.82. The first-order valence-corrected chi connectivity index (χ1v) is 12.4. The van der Waals surface area contributed by atoms with Crippen molar-refractivity contribution in [2.75, 3.05) is 33.2 Å². The van der Waals surface area contributed by atoms with Crippen LogP contribution in [-0.2, 0) is 22.3 Å². The highest BCUT2D eigenvalue weighted by Gasteiger charge is 2.19. The van der Waals surface area contributed by atoms with Crippen molar-refractivity contribution in [1.82, 2.24) is 20.3 Å². The molecule has 0 amide bonds. The Morgan fingerprint density at radius 3 is 2.47 bits per heavy atom. The molecule has 1 aliphatic rings. The third-order valence-electron chi connectivity index (χ3n) is 5.37. The third-order valence-corrected chi connectivity index (χ3v) is 6.70. The number of piperidine rings is 1. The van der Waals surface area contributed by atoms with Crippen LogP contribution in [0.3, 0.4) is 0 Å².